The van der Waals surface area contributed by atoms with Crippen molar-refractivity contribution < 1.29 is 4.79 Å². The molecule has 1 fully saturated rings. The Balaban J connectivity index is 1.59. The Morgan fingerprint density at radius 2 is 1.88 bits per heavy atom. The number of aromatic nitrogens is 1. The number of rotatable bonds is 5. The molecule has 0 radical (unpaired) electrons. The number of fused-ring (bicyclic) bond motifs is 1. The molecule has 4 heteroatoms. The molecule has 1 aliphatic rings. The molecule has 3 unspecified atom stereocenters. The molecule has 4 N–H and O–H groups in total. The lowest BCUT2D eigenvalue weighted by Gasteiger charge is -2.19. The average Bonchev–Trinajstić information content (AvgIpc) is 3.29. The van der Waals surface area contributed by atoms with E-state index in [9.17, 15) is 4.79 Å². The zero-order valence-electron chi connectivity index (χ0n) is 14.8. The second-order valence-corrected chi connectivity index (χ2v) is 7.27. The van der Waals surface area contributed by atoms with Crippen LogP contribution in [0.25, 0.3) is 10.9 Å². The lowest BCUT2D eigenvalue weighted by molar-refractivity contribution is -0.124. The Morgan fingerprint density at radius 3 is 2.65 bits per heavy atom. The Labute approximate surface area is 153 Å². The number of H-pyrrole nitrogens is 1. The van der Waals surface area contributed by atoms with Crippen molar-refractivity contribution in [1.82, 2.24) is 10.3 Å². The molecule has 0 saturated heterocycles. The fraction of sp³-hybridized carbons (Fsp3) is 0.318. The van der Waals surface area contributed by atoms with Gasteiger partial charge in [0.05, 0.1) is 0 Å². The van der Waals surface area contributed by atoms with Crippen molar-refractivity contribution >= 4 is 16.8 Å². The molecule has 4 nitrogen and oxygen atoms in total. The van der Waals surface area contributed by atoms with Crippen molar-refractivity contribution in [1.29, 1.82) is 0 Å². The minimum absolute atomic E-state index is 0.0596. The molecule has 3 atom stereocenters. The Kier molecular flexibility index (Phi) is 4.76. The van der Waals surface area contributed by atoms with Crippen LogP contribution < -0.4 is 11.1 Å². The maximum absolute atomic E-state index is 12.6. The number of carbonyl (C=O) groups is 1. The number of nitrogens with one attached hydrogen (secondary N) is 2. The first kappa shape index (κ1) is 16.9. The third-order valence-corrected chi connectivity index (χ3v) is 5.52. The standard InChI is InChI=1S/C22H25N3O/c23-17-11-10-16(12-17)22(26)25-13-19(15-6-2-1-3-7-15)20-14-24-21-9-5-4-8-18(20)21/h1-9,14,16-17,19,24H,10-13,23H2,(H,25,26). The highest BCUT2D eigenvalue weighted by molar-refractivity contribution is 5.84. The number of benzene rings is 2. The summed E-state index contributed by atoms with van der Waals surface area (Å²) in [6.45, 7) is 0.594. The van der Waals surface area contributed by atoms with Gasteiger partial charge in [-0.05, 0) is 36.5 Å². The molecular formula is C22H25N3O. The third-order valence-electron chi connectivity index (χ3n) is 5.52. The molecular weight excluding hydrogens is 322 g/mol. The van der Waals surface area contributed by atoms with Crippen LogP contribution in [0.3, 0.4) is 0 Å². The highest BCUT2D eigenvalue weighted by atomic mass is 16.1. The monoisotopic (exact) mass is 347 g/mol. The van der Waals surface area contributed by atoms with Crippen molar-refractivity contribution in [3.63, 3.8) is 0 Å². The fourth-order valence-electron chi connectivity index (χ4n) is 4.08. The Hall–Kier alpha value is -2.59. The van der Waals surface area contributed by atoms with E-state index in [-0.39, 0.29) is 23.8 Å². The van der Waals surface area contributed by atoms with Gasteiger partial charge < -0.3 is 16.0 Å². The van der Waals surface area contributed by atoms with Gasteiger partial charge >= 0.3 is 0 Å². The molecule has 4 rings (SSSR count). The van der Waals surface area contributed by atoms with Gasteiger partial charge in [0, 0.05) is 41.5 Å². The molecule has 2 aromatic carbocycles. The van der Waals surface area contributed by atoms with E-state index in [1.807, 2.05) is 12.1 Å². The van der Waals surface area contributed by atoms with E-state index in [2.05, 4.69) is 59.0 Å². The predicted octanol–water partition coefficient (Wildman–Crippen LogP) is 3.54. The Bertz CT molecular complexity index is 887. The van der Waals surface area contributed by atoms with E-state index in [0.717, 1.165) is 24.8 Å². The molecule has 1 amide bonds. The lowest BCUT2D eigenvalue weighted by Crippen LogP contribution is -2.33. The van der Waals surface area contributed by atoms with Gasteiger partial charge in [-0.2, -0.15) is 0 Å². The first-order valence-electron chi connectivity index (χ1n) is 9.36. The quantitative estimate of drug-likeness (QED) is 0.660. The summed E-state index contributed by atoms with van der Waals surface area (Å²) in [5.74, 6) is 0.314. The first-order chi connectivity index (χ1) is 12.7. The largest absolute Gasteiger partial charge is 0.361 e. The maximum atomic E-state index is 12.6. The summed E-state index contributed by atoms with van der Waals surface area (Å²) in [6.07, 6.45) is 4.72. The summed E-state index contributed by atoms with van der Waals surface area (Å²) in [7, 11) is 0. The minimum Gasteiger partial charge on any atom is -0.361 e. The van der Waals surface area contributed by atoms with Crippen LogP contribution in [0.2, 0.25) is 0 Å². The molecule has 0 bridgehead atoms. The molecule has 26 heavy (non-hydrogen) atoms. The van der Waals surface area contributed by atoms with Crippen molar-refractivity contribution in [2.45, 2.75) is 31.2 Å². The zero-order chi connectivity index (χ0) is 17.9. The van der Waals surface area contributed by atoms with Crippen molar-refractivity contribution in [2.24, 2.45) is 11.7 Å². The average molecular weight is 347 g/mol. The number of hydrogen-bond acceptors (Lipinski definition) is 2. The maximum Gasteiger partial charge on any atom is 0.223 e. The number of nitrogens with two attached hydrogens (primary N) is 1. The fourth-order valence-corrected chi connectivity index (χ4v) is 4.08. The molecule has 3 aromatic rings. The van der Waals surface area contributed by atoms with Crippen LogP contribution in [-0.4, -0.2) is 23.5 Å². The van der Waals surface area contributed by atoms with Gasteiger partial charge in [0.25, 0.3) is 0 Å². The second kappa shape index (κ2) is 7.34. The summed E-state index contributed by atoms with van der Waals surface area (Å²) < 4.78 is 0. The normalized spacial score (nSPS) is 21.0. The van der Waals surface area contributed by atoms with E-state index in [1.165, 1.54) is 16.5 Å². The summed E-state index contributed by atoms with van der Waals surface area (Å²) >= 11 is 0. The van der Waals surface area contributed by atoms with Crippen LogP contribution >= 0.6 is 0 Å². The number of aromatic amines is 1. The van der Waals surface area contributed by atoms with Crippen molar-refractivity contribution in [2.75, 3.05) is 6.54 Å². The molecule has 0 spiro atoms. The van der Waals surface area contributed by atoms with E-state index in [1.54, 1.807) is 0 Å². The lowest BCUT2D eigenvalue weighted by atomic mass is 9.90. The number of para-hydroxylation sites is 1. The van der Waals surface area contributed by atoms with Gasteiger partial charge in [0.2, 0.25) is 5.91 Å². The molecule has 1 aliphatic carbocycles. The van der Waals surface area contributed by atoms with Crippen molar-refractivity contribution in [3.05, 3.63) is 71.9 Å². The van der Waals surface area contributed by atoms with Crippen LogP contribution in [0, 0.1) is 5.92 Å². The van der Waals surface area contributed by atoms with Gasteiger partial charge in [-0.1, -0.05) is 48.5 Å². The van der Waals surface area contributed by atoms with Crippen LogP contribution in [0.15, 0.2) is 60.8 Å². The van der Waals surface area contributed by atoms with Crippen LogP contribution in [-0.2, 0) is 4.79 Å². The first-order valence-corrected chi connectivity index (χ1v) is 9.36. The number of hydrogen-bond donors (Lipinski definition) is 3. The summed E-state index contributed by atoms with van der Waals surface area (Å²) in [5, 5.41) is 4.40. The minimum atomic E-state index is 0.0596. The molecule has 1 saturated carbocycles. The summed E-state index contributed by atoms with van der Waals surface area (Å²) in [5.41, 5.74) is 9.51. The molecule has 0 aliphatic heterocycles. The number of carbonyl (C=O) groups excluding carboxylic acids is 1. The van der Waals surface area contributed by atoms with E-state index in [0.29, 0.717) is 6.54 Å². The highest BCUT2D eigenvalue weighted by Crippen LogP contribution is 2.31. The zero-order valence-corrected chi connectivity index (χ0v) is 14.8. The van der Waals surface area contributed by atoms with Crippen LogP contribution in [0.5, 0.6) is 0 Å². The second-order valence-electron chi connectivity index (χ2n) is 7.27. The van der Waals surface area contributed by atoms with Gasteiger partial charge in [0.15, 0.2) is 0 Å². The summed E-state index contributed by atoms with van der Waals surface area (Å²) in [6, 6.07) is 18.9. The smallest absolute Gasteiger partial charge is 0.223 e. The van der Waals surface area contributed by atoms with Gasteiger partial charge in [-0.3, -0.25) is 4.79 Å². The molecule has 1 aromatic heterocycles. The van der Waals surface area contributed by atoms with Crippen LogP contribution in [0.1, 0.15) is 36.3 Å². The Morgan fingerprint density at radius 1 is 1.12 bits per heavy atom. The summed E-state index contributed by atoms with van der Waals surface area (Å²) in [4.78, 5) is 15.9. The van der Waals surface area contributed by atoms with E-state index < -0.39 is 0 Å². The molecule has 134 valence electrons. The van der Waals surface area contributed by atoms with E-state index >= 15 is 0 Å². The predicted molar refractivity (Wildman–Crippen MR) is 105 cm³/mol. The third kappa shape index (κ3) is 3.37. The number of amides is 1. The highest BCUT2D eigenvalue weighted by Gasteiger charge is 2.28. The van der Waals surface area contributed by atoms with Gasteiger partial charge in [-0.25, -0.2) is 0 Å². The van der Waals surface area contributed by atoms with Gasteiger partial charge in [0.1, 0.15) is 0 Å². The SMILES string of the molecule is NC1CCC(C(=O)NCC(c2ccccc2)c2c[nH]c3ccccc23)C1. The molecule has 1 heterocycles. The van der Waals surface area contributed by atoms with Crippen LogP contribution in [0.4, 0.5) is 0 Å². The van der Waals surface area contributed by atoms with Gasteiger partial charge in [-0.15, -0.1) is 0 Å². The topological polar surface area (TPSA) is 70.9 Å². The van der Waals surface area contributed by atoms with E-state index in [4.69, 9.17) is 5.73 Å². The van der Waals surface area contributed by atoms with Crippen molar-refractivity contribution in [3.8, 4) is 0 Å².